The number of carboxylic acid groups (broad SMARTS) is 1. The molecule has 2 bridgehead atoms. The predicted octanol–water partition coefficient (Wildman–Crippen LogP) is 6.35. The molecule has 3 fully saturated rings. The third kappa shape index (κ3) is 8.55. The molecule has 2 heterocycles. The fourth-order valence-electron chi connectivity index (χ4n) is 6.93. The number of carboxylic acids is 1. The number of fused-ring (bicyclic) bond motifs is 3. The summed E-state index contributed by atoms with van der Waals surface area (Å²) in [6.07, 6.45) is 0.187. The zero-order valence-corrected chi connectivity index (χ0v) is 28.3. The molecular formula is C35H37BrF5N3O6. The fourth-order valence-corrected chi connectivity index (χ4v) is 7.20. The number of ether oxygens (including phenoxy) is 1. The number of rotatable bonds is 8. The van der Waals surface area contributed by atoms with Gasteiger partial charge in [-0.2, -0.15) is 22.0 Å². The number of carbonyl (C=O) groups excluding carboxylic acids is 2. The smallest absolute Gasteiger partial charge is 0.490 e. The summed E-state index contributed by atoms with van der Waals surface area (Å²) in [6.45, 7) is 0. The van der Waals surface area contributed by atoms with Crippen LogP contribution in [0.4, 0.5) is 22.0 Å². The van der Waals surface area contributed by atoms with Crippen LogP contribution in [0.5, 0.6) is 5.75 Å². The second-order valence-corrected chi connectivity index (χ2v) is 13.8. The van der Waals surface area contributed by atoms with E-state index in [1.54, 1.807) is 18.2 Å². The number of piperidine rings is 1. The van der Waals surface area contributed by atoms with E-state index in [0.29, 0.717) is 30.2 Å². The fraction of sp³-hybridized carbons (Fsp3) is 0.457. The van der Waals surface area contributed by atoms with Gasteiger partial charge in [-0.3, -0.25) is 9.59 Å². The summed E-state index contributed by atoms with van der Waals surface area (Å²) in [5, 5.41) is 22.0. The monoisotopic (exact) mass is 769 g/mol. The van der Waals surface area contributed by atoms with Gasteiger partial charge < -0.3 is 30.9 Å². The molecule has 1 saturated carbocycles. The van der Waals surface area contributed by atoms with E-state index in [1.165, 1.54) is 29.2 Å². The molecule has 4 atom stereocenters. The first-order chi connectivity index (χ1) is 23.5. The molecule has 0 radical (unpaired) electrons. The molecule has 50 heavy (non-hydrogen) atoms. The molecule has 2 unspecified atom stereocenters. The van der Waals surface area contributed by atoms with Gasteiger partial charge >= 0.3 is 18.1 Å². The van der Waals surface area contributed by atoms with E-state index in [9.17, 15) is 27.9 Å². The number of nitrogens with one attached hydrogen (secondary N) is 1. The highest BCUT2D eigenvalue weighted by Gasteiger charge is 2.53. The molecular weight excluding hydrogens is 733 g/mol. The number of halogens is 6. The van der Waals surface area contributed by atoms with Crippen molar-refractivity contribution in [1.82, 2.24) is 10.2 Å². The number of hydrogen-bond donors (Lipinski definition) is 4. The molecule has 2 amide bonds. The molecule has 3 aliphatic rings. The van der Waals surface area contributed by atoms with Crippen molar-refractivity contribution in [2.45, 2.75) is 99.8 Å². The zero-order chi connectivity index (χ0) is 36.4. The SMILES string of the molecule is NC1CC2CCC(C1)N2C(=O)[C@H](NC(=O)[C@@H](O)c1ccc2cc(OC3CCCC3)ccc2c1)C(F)(F)c1ccc(Br)cc1.O=C(O)C(F)(F)F. The molecule has 3 aromatic carbocycles. The van der Waals surface area contributed by atoms with E-state index in [2.05, 4.69) is 21.2 Å². The number of benzene rings is 3. The highest BCUT2D eigenvalue weighted by atomic mass is 79.9. The van der Waals surface area contributed by atoms with Gasteiger partial charge in [0.25, 0.3) is 11.8 Å². The minimum absolute atomic E-state index is 0.0957. The maximum Gasteiger partial charge on any atom is 0.490 e. The van der Waals surface area contributed by atoms with E-state index >= 15 is 8.78 Å². The van der Waals surface area contributed by atoms with Crippen molar-refractivity contribution in [3.63, 3.8) is 0 Å². The maximum atomic E-state index is 16.1. The Balaban J connectivity index is 0.000000630. The van der Waals surface area contributed by atoms with Crippen LogP contribution >= 0.6 is 15.9 Å². The standard InChI is InChI=1S/C33H36BrF2N3O4.C2HF3O2/c34-23-10-8-22(9-11-23)33(35,36)30(32(42)39-25-12-13-26(39)18-24(37)17-25)38-31(41)29(40)21-6-5-20-16-28(14-7-19(20)15-21)43-27-3-1-2-4-27;3-2(4,5)1(6)7/h5-11,14-16,24-27,29-30,40H,1-4,12-13,17-18,37H2,(H,38,41);(H,6,7)/t24?,25?,26?,29-,30-;/m0./s1. The number of amides is 2. The van der Waals surface area contributed by atoms with Crippen LogP contribution in [-0.2, 0) is 20.3 Å². The summed E-state index contributed by atoms with van der Waals surface area (Å²) in [6, 6.07) is 13.2. The first-order valence-electron chi connectivity index (χ1n) is 16.2. The second-order valence-electron chi connectivity index (χ2n) is 12.9. The Morgan fingerprint density at radius 2 is 1.44 bits per heavy atom. The number of nitrogens with two attached hydrogens (primary N) is 1. The molecule has 3 aromatic rings. The highest BCUT2D eigenvalue weighted by Crippen LogP contribution is 2.40. The van der Waals surface area contributed by atoms with Crippen LogP contribution in [0, 0.1) is 0 Å². The highest BCUT2D eigenvalue weighted by molar-refractivity contribution is 9.10. The van der Waals surface area contributed by atoms with E-state index in [4.69, 9.17) is 20.4 Å². The van der Waals surface area contributed by atoms with E-state index < -0.39 is 47.6 Å². The lowest BCUT2D eigenvalue weighted by Crippen LogP contribution is -2.61. The normalized spacial score (nSPS) is 22.0. The van der Waals surface area contributed by atoms with Crippen molar-refractivity contribution in [3.8, 4) is 5.75 Å². The average molecular weight is 771 g/mol. The molecule has 0 aromatic heterocycles. The molecule has 2 saturated heterocycles. The number of hydrogen-bond acceptors (Lipinski definition) is 6. The number of aliphatic hydroxyl groups is 1. The minimum atomic E-state index is -5.08. The number of alkyl halides is 5. The molecule has 15 heteroatoms. The van der Waals surface area contributed by atoms with Crippen molar-refractivity contribution in [2.24, 2.45) is 5.73 Å². The minimum Gasteiger partial charge on any atom is -0.490 e. The predicted molar refractivity (Wildman–Crippen MR) is 176 cm³/mol. The molecule has 1 aliphatic carbocycles. The Morgan fingerprint density at radius 1 is 0.880 bits per heavy atom. The Labute approximate surface area is 293 Å². The number of nitrogens with zero attached hydrogens (tertiary/aromatic N) is 1. The summed E-state index contributed by atoms with van der Waals surface area (Å²) in [5.74, 6) is -7.68. The van der Waals surface area contributed by atoms with Gasteiger partial charge in [-0.15, -0.1) is 0 Å². The topological polar surface area (TPSA) is 142 Å². The number of aliphatic hydroxyl groups excluding tert-OH is 1. The van der Waals surface area contributed by atoms with Gasteiger partial charge in [0.05, 0.1) is 6.10 Å². The van der Waals surface area contributed by atoms with Gasteiger partial charge in [0.2, 0.25) is 0 Å². The van der Waals surface area contributed by atoms with Gasteiger partial charge in [-0.1, -0.05) is 46.3 Å². The van der Waals surface area contributed by atoms with E-state index in [1.807, 2.05) is 18.2 Å². The van der Waals surface area contributed by atoms with Crippen LogP contribution in [0.15, 0.2) is 65.1 Å². The number of carbonyl (C=O) groups is 3. The lowest BCUT2D eigenvalue weighted by atomic mass is 9.94. The Kier molecular flexibility index (Phi) is 11.4. The van der Waals surface area contributed by atoms with Crippen molar-refractivity contribution in [1.29, 1.82) is 0 Å². The third-order valence-electron chi connectivity index (χ3n) is 9.40. The van der Waals surface area contributed by atoms with Crippen LogP contribution in [0.2, 0.25) is 0 Å². The van der Waals surface area contributed by atoms with Crippen molar-refractivity contribution < 1.29 is 51.3 Å². The summed E-state index contributed by atoms with van der Waals surface area (Å²) >= 11 is 3.25. The first kappa shape index (κ1) is 37.4. The molecule has 270 valence electrons. The molecule has 2 aliphatic heterocycles. The second kappa shape index (κ2) is 15.2. The Morgan fingerprint density at radius 3 is 2.02 bits per heavy atom. The summed E-state index contributed by atoms with van der Waals surface area (Å²) < 4.78 is 70.7. The van der Waals surface area contributed by atoms with E-state index in [-0.39, 0.29) is 29.8 Å². The van der Waals surface area contributed by atoms with Crippen molar-refractivity contribution in [2.75, 3.05) is 0 Å². The zero-order valence-electron chi connectivity index (χ0n) is 26.7. The maximum absolute atomic E-state index is 16.1. The van der Waals surface area contributed by atoms with Gasteiger partial charge in [-0.25, -0.2) is 4.79 Å². The lowest BCUT2D eigenvalue weighted by molar-refractivity contribution is -0.192. The molecule has 6 rings (SSSR count). The van der Waals surface area contributed by atoms with Crippen LogP contribution in [0.1, 0.15) is 68.6 Å². The summed E-state index contributed by atoms with van der Waals surface area (Å²) in [5.41, 5.74) is 5.98. The van der Waals surface area contributed by atoms with Crippen LogP contribution in [-0.4, -0.2) is 69.3 Å². The molecule has 5 N–H and O–H groups in total. The van der Waals surface area contributed by atoms with Gasteiger partial charge in [0, 0.05) is 28.2 Å². The molecule has 0 spiro atoms. The van der Waals surface area contributed by atoms with E-state index in [0.717, 1.165) is 42.2 Å². The third-order valence-corrected chi connectivity index (χ3v) is 9.93. The van der Waals surface area contributed by atoms with Gasteiger partial charge in [0.15, 0.2) is 12.1 Å². The quantitative estimate of drug-likeness (QED) is 0.196. The van der Waals surface area contributed by atoms with Crippen LogP contribution < -0.4 is 15.8 Å². The Bertz CT molecular complexity index is 1690. The largest absolute Gasteiger partial charge is 0.490 e. The Hall–Kier alpha value is -3.82. The van der Waals surface area contributed by atoms with Gasteiger partial charge in [-0.05, 0) is 98.0 Å². The summed E-state index contributed by atoms with van der Waals surface area (Å²) in [4.78, 5) is 37.6. The lowest BCUT2D eigenvalue weighted by Gasteiger charge is -2.41. The molecule has 9 nitrogen and oxygen atoms in total. The van der Waals surface area contributed by atoms with Crippen molar-refractivity contribution in [3.05, 3.63) is 76.3 Å². The van der Waals surface area contributed by atoms with Gasteiger partial charge in [0.1, 0.15) is 5.75 Å². The van der Waals surface area contributed by atoms with Crippen LogP contribution in [0.25, 0.3) is 10.8 Å². The first-order valence-corrected chi connectivity index (χ1v) is 17.0. The average Bonchev–Trinajstić information content (AvgIpc) is 3.67. The van der Waals surface area contributed by atoms with Crippen LogP contribution in [0.3, 0.4) is 0 Å². The summed E-state index contributed by atoms with van der Waals surface area (Å²) in [7, 11) is 0. The number of aliphatic carboxylic acids is 1. The van der Waals surface area contributed by atoms with Crippen molar-refractivity contribution >= 4 is 44.5 Å².